The van der Waals surface area contributed by atoms with Crippen LogP contribution in [0.25, 0.3) is 11.5 Å². The number of carboxylic acid groups (broad SMARTS) is 1. The lowest BCUT2D eigenvalue weighted by Crippen LogP contribution is -2.27. The maximum absolute atomic E-state index is 12.5. The molecular weight excluding hydrogens is 552 g/mol. The van der Waals surface area contributed by atoms with Gasteiger partial charge in [-0.2, -0.15) is 0 Å². The molecule has 0 aliphatic heterocycles. The number of carbonyl (C=O) groups excluding carboxylic acids is 2. The number of amides is 1. The van der Waals surface area contributed by atoms with Gasteiger partial charge in [-0.25, -0.2) is 9.78 Å². The van der Waals surface area contributed by atoms with E-state index >= 15 is 0 Å². The molecular formula is C32H34N4O7. The number of rotatable bonds is 13. The molecule has 0 saturated carbocycles. The van der Waals surface area contributed by atoms with Crippen LogP contribution in [-0.4, -0.2) is 45.6 Å². The second kappa shape index (κ2) is 14.2. The van der Waals surface area contributed by atoms with Gasteiger partial charge in [-0.15, -0.1) is 0 Å². The van der Waals surface area contributed by atoms with E-state index in [0.717, 1.165) is 11.3 Å². The summed E-state index contributed by atoms with van der Waals surface area (Å²) in [6.07, 6.45) is 1.78. The van der Waals surface area contributed by atoms with Crippen molar-refractivity contribution in [2.45, 2.75) is 52.2 Å². The van der Waals surface area contributed by atoms with Gasteiger partial charge in [0.15, 0.2) is 0 Å². The van der Waals surface area contributed by atoms with Crippen LogP contribution in [0.5, 0.6) is 5.75 Å². The largest absolute Gasteiger partial charge is 0.493 e. The number of nitrogens with zero attached hydrogens (tertiary/aromatic N) is 2. The molecule has 4 aromatic rings. The predicted molar refractivity (Wildman–Crippen MR) is 159 cm³/mol. The fourth-order valence-electron chi connectivity index (χ4n) is 4.29. The number of anilines is 1. The summed E-state index contributed by atoms with van der Waals surface area (Å²) in [5.41, 5.74) is 9.70. The van der Waals surface area contributed by atoms with Crippen LogP contribution in [0.4, 0.5) is 5.69 Å². The Balaban J connectivity index is 1.39. The van der Waals surface area contributed by atoms with Crippen LogP contribution in [0.2, 0.25) is 0 Å². The number of benzene rings is 2. The van der Waals surface area contributed by atoms with Gasteiger partial charge in [-0.3, -0.25) is 14.6 Å². The van der Waals surface area contributed by atoms with Gasteiger partial charge in [0.05, 0.1) is 18.4 Å². The van der Waals surface area contributed by atoms with E-state index in [0.29, 0.717) is 46.3 Å². The minimum atomic E-state index is -1.08. The number of aromatic nitrogens is 2. The summed E-state index contributed by atoms with van der Waals surface area (Å²) in [5.74, 6) is -0.286. The van der Waals surface area contributed by atoms with E-state index in [1.807, 2.05) is 6.92 Å². The molecule has 11 heteroatoms. The third kappa shape index (κ3) is 8.49. The van der Waals surface area contributed by atoms with Gasteiger partial charge in [0.2, 0.25) is 5.89 Å². The lowest BCUT2D eigenvalue weighted by Gasteiger charge is -2.18. The van der Waals surface area contributed by atoms with Gasteiger partial charge in [-0.1, -0.05) is 12.1 Å². The summed E-state index contributed by atoms with van der Waals surface area (Å²) in [7, 11) is 0. The molecule has 2 aromatic heterocycles. The lowest BCUT2D eigenvalue weighted by molar-refractivity contribution is -0.149. The number of carbonyl (C=O) groups is 3. The predicted octanol–water partition coefficient (Wildman–Crippen LogP) is 4.89. The first kappa shape index (κ1) is 30.9. The number of aliphatic carboxylic acids is 1. The Morgan fingerprint density at radius 3 is 2.49 bits per heavy atom. The SMILES string of the molecule is Cc1oc(-c2ccc(NC(=O)c3ccccn3)cc2)nc1CCOc1ccc(CCC(=O)O)c(C(N)C(=O)OC(C)C)c1. The van der Waals surface area contributed by atoms with Crippen molar-refractivity contribution < 1.29 is 33.4 Å². The highest BCUT2D eigenvalue weighted by Gasteiger charge is 2.23. The number of carboxylic acids is 1. The number of oxazole rings is 1. The van der Waals surface area contributed by atoms with Crippen LogP contribution < -0.4 is 15.8 Å². The van der Waals surface area contributed by atoms with Crippen molar-refractivity contribution in [2.24, 2.45) is 5.73 Å². The first-order chi connectivity index (χ1) is 20.6. The summed E-state index contributed by atoms with van der Waals surface area (Å²) in [4.78, 5) is 44.6. The number of esters is 1. The van der Waals surface area contributed by atoms with Crippen molar-refractivity contribution in [2.75, 3.05) is 11.9 Å². The third-order valence-electron chi connectivity index (χ3n) is 6.45. The highest BCUT2D eigenvalue weighted by Crippen LogP contribution is 2.27. The molecule has 0 aliphatic rings. The molecule has 0 fully saturated rings. The number of hydrogen-bond acceptors (Lipinski definition) is 9. The fraction of sp³-hybridized carbons (Fsp3) is 0.281. The maximum atomic E-state index is 12.5. The molecule has 1 atom stereocenters. The molecule has 0 aliphatic carbocycles. The van der Waals surface area contributed by atoms with E-state index in [-0.39, 0.29) is 31.5 Å². The topological polar surface area (TPSA) is 167 Å². The maximum Gasteiger partial charge on any atom is 0.327 e. The zero-order chi connectivity index (χ0) is 30.9. The van der Waals surface area contributed by atoms with Crippen molar-refractivity contribution in [3.8, 4) is 17.2 Å². The van der Waals surface area contributed by atoms with E-state index in [1.54, 1.807) is 80.7 Å². The number of pyridine rings is 1. The summed E-state index contributed by atoms with van der Waals surface area (Å²) < 4.78 is 17.1. The van der Waals surface area contributed by atoms with Gasteiger partial charge in [-0.05, 0) is 86.8 Å². The quantitative estimate of drug-likeness (QED) is 0.184. The average molecular weight is 587 g/mol. The van der Waals surface area contributed by atoms with Crippen LogP contribution in [-0.2, 0) is 27.2 Å². The lowest BCUT2D eigenvalue weighted by atomic mass is 9.97. The molecule has 0 radical (unpaired) electrons. The average Bonchev–Trinajstić information content (AvgIpc) is 3.36. The van der Waals surface area contributed by atoms with Gasteiger partial charge in [0, 0.05) is 30.3 Å². The van der Waals surface area contributed by atoms with Crippen LogP contribution in [0, 0.1) is 6.92 Å². The minimum absolute atomic E-state index is 0.102. The van der Waals surface area contributed by atoms with Gasteiger partial charge < -0.3 is 30.0 Å². The summed E-state index contributed by atoms with van der Waals surface area (Å²) in [5, 5.41) is 11.9. The van der Waals surface area contributed by atoms with Gasteiger partial charge >= 0.3 is 11.9 Å². The number of aryl methyl sites for hydroxylation is 2. The molecule has 43 heavy (non-hydrogen) atoms. The molecule has 1 unspecified atom stereocenters. The van der Waals surface area contributed by atoms with E-state index in [2.05, 4.69) is 15.3 Å². The standard InChI is InChI=1S/C32H34N4O7/c1-19(2)42-32(40)29(33)25-18-24(13-9-21(25)10-14-28(37)38)41-17-15-26-20(3)43-31(36-26)22-7-11-23(12-8-22)35-30(39)27-6-4-5-16-34-27/h4-9,11-13,16,18-19,29H,10,14-15,17,33H2,1-3H3,(H,35,39)(H,37,38). The summed E-state index contributed by atoms with van der Waals surface area (Å²) in [6.45, 7) is 5.55. The molecule has 0 spiro atoms. The zero-order valence-corrected chi connectivity index (χ0v) is 24.2. The first-order valence-corrected chi connectivity index (χ1v) is 13.8. The second-order valence-electron chi connectivity index (χ2n) is 10.1. The molecule has 2 heterocycles. The van der Waals surface area contributed by atoms with Crippen LogP contribution in [0.15, 0.2) is 71.3 Å². The molecule has 4 rings (SSSR count). The molecule has 0 bridgehead atoms. The van der Waals surface area contributed by atoms with Crippen molar-refractivity contribution >= 4 is 23.5 Å². The molecule has 4 N–H and O–H groups in total. The van der Waals surface area contributed by atoms with Crippen molar-refractivity contribution in [1.82, 2.24) is 9.97 Å². The Morgan fingerprint density at radius 2 is 1.81 bits per heavy atom. The van der Waals surface area contributed by atoms with Crippen LogP contribution in [0.1, 0.15) is 59.4 Å². The Kier molecular flexibility index (Phi) is 10.2. The fourth-order valence-corrected chi connectivity index (χ4v) is 4.29. The van der Waals surface area contributed by atoms with E-state index < -0.39 is 18.0 Å². The van der Waals surface area contributed by atoms with Crippen LogP contribution >= 0.6 is 0 Å². The molecule has 0 saturated heterocycles. The number of nitrogens with one attached hydrogen (secondary N) is 1. The molecule has 224 valence electrons. The Morgan fingerprint density at radius 1 is 1.05 bits per heavy atom. The number of nitrogens with two attached hydrogens (primary N) is 1. The van der Waals surface area contributed by atoms with Crippen molar-refractivity contribution in [1.29, 1.82) is 0 Å². The zero-order valence-electron chi connectivity index (χ0n) is 24.2. The Labute approximate surface area is 249 Å². The van der Waals surface area contributed by atoms with E-state index in [9.17, 15) is 14.4 Å². The van der Waals surface area contributed by atoms with E-state index in [1.165, 1.54) is 0 Å². The Bertz CT molecular complexity index is 1570. The second-order valence-corrected chi connectivity index (χ2v) is 10.1. The number of hydrogen-bond donors (Lipinski definition) is 3. The van der Waals surface area contributed by atoms with Crippen molar-refractivity contribution in [3.05, 3.63) is 95.1 Å². The number of ether oxygens (including phenoxy) is 2. The molecule has 1 amide bonds. The highest BCUT2D eigenvalue weighted by molar-refractivity contribution is 6.02. The van der Waals surface area contributed by atoms with Gasteiger partial charge in [0.25, 0.3) is 5.91 Å². The minimum Gasteiger partial charge on any atom is -0.493 e. The van der Waals surface area contributed by atoms with E-state index in [4.69, 9.17) is 24.7 Å². The van der Waals surface area contributed by atoms with Crippen LogP contribution in [0.3, 0.4) is 0 Å². The molecule has 2 aromatic carbocycles. The third-order valence-corrected chi connectivity index (χ3v) is 6.45. The first-order valence-electron chi connectivity index (χ1n) is 13.8. The smallest absolute Gasteiger partial charge is 0.327 e. The summed E-state index contributed by atoms with van der Waals surface area (Å²) >= 11 is 0. The van der Waals surface area contributed by atoms with Gasteiger partial charge in [0.1, 0.15) is 23.2 Å². The summed E-state index contributed by atoms with van der Waals surface area (Å²) in [6, 6.07) is 16.3. The highest BCUT2D eigenvalue weighted by atomic mass is 16.5. The molecule has 11 nitrogen and oxygen atoms in total. The normalized spacial score (nSPS) is 11.7. The van der Waals surface area contributed by atoms with Crippen molar-refractivity contribution in [3.63, 3.8) is 0 Å². The Hall–Kier alpha value is -5.03. The monoisotopic (exact) mass is 586 g/mol.